The number of nitrogens with one attached hydrogen (secondary N) is 2. The average molecular weight is 312 g/mol. The predicted octanol–water partition coefficient (Wildman–Crippen LogP) is 2.22. The number of halogens is 2. The number of benzene rings is 1. The van der Waals surface area contributed by atoms with Gasteiger partial charge < -0.3 is 15.5 Å². The molecule has 0 aliphatic heterocycles. The maximum Gasteiger partial charge on any atom is 0.191 e. The van der Waals surface area contributed by atoms with Gasteiger partial charge in [-0.3, -0.25) is 4.99 Å². The molecule has 0 aliphatic rings. The van der Waals surface area contributed by atoms with E-state index in [1.165, 1.54) is 6.07 Å². The number of hydrogen-bond acceptors (Lipinski definition) is 2. The van der Waals surface area contributed by atoms with E-state index in [9.17, 15) is 8.78 Å². The predicted molar refractivity (Wildman–Crippen MR) is 86.9 cm³/mol. The standard InChI is InChI=1S/C16H26F2N4/c1-16(2,11-22(4)5)10-21-15(19-3)20-9-12-8-13(17)6-7-14(12)18/h6-8H,9-11H2,1-5H3,(H2,19,20,21). The molecule has 0 aliphatic carbocycles. The first kappa shape index (κ1) is 18.4. The van der Waals surface area contributed by atoms with Gasteiger partial charge in [-0.25, -0.2) is 8.78 Å². The largest absolute Gasteiger partial charge is 0.356 e. The van der Waals surface area contributed by atoms with Gasteiger partial charge in [-0.05, 0) is 37.7 Å². The van der Waals surface area contributed by atoms with Gasteiger partial charge in [0.25, 0.3) is 0 Å². The minimum absolute atomic E-state index is 0.0607. The zero-order chi connectivity index (χ0) is 16.8. The van der Waals surface area contributed by atoms with Crippen molar-refractivity contribution in [1.29, 1.82) is 0 Å². The highest BCUT2D eigenvalue weighted by molar-refractivity contribution is 5.79. The lowest BCUT2D eigenvalue weighted by atomic mass is 9.93. The van der Waals surface area contributed by atoms with Gasteiger partial charge in [-0.15, -0.1) is 0 Å². The Morgan fingerprint density at radius 1 is 1.23 bits per heavy atom. The number of nitrogens with zero attached hydrogens (tertiary/aromatic N) is 2. The van der Waals surface area contributed by atoms with E-state index in [0.717, 1.165) is 25.2 Å². The molecule has 4 nitrogen and oxygen atoms in total. The van der Waals surface area contributed by atoms with E-state index in [2.05, 4.69) is 34.4 Å². The first-order chi connectivity index (χ1) is 10.2. The third-order valence-electron chi connectivity index (χ3n) is 3.16. The van der Waals surface area contributed by atoms with Crippen LogP contribution in [0.2, 0.25) is 0 Å². The molecule has 0 spiro atoms. The maximum absolute atomic E-state index is 13.6. The molecule has 0 saturated carbocycles. The molecule has 0 fully saturated rings. The summed E-state index contributed by atoms with van der Waals surface area (Å²) < 4.78 is 26.7. The summed E-state index contributed by atoms with van der Waals surface area (Å²) in [7, 11) is 5.71. The average Bonchev–Trinajstić information content (AvgIpc) is 2.41. The van der Waals surface area contributed by atoms with E-state index in [0.29, 0.717) is 5.96 Å². The Balaban J connectivity index is 2.54. The molecule has 1 aromatic carbocycles. The van der Waals surface area contributed by atoms with Crippen LogP contribution < -0.4 is 10.6 Å². The van der Waals surface area contributed by atoms with Gasteiger partial charge in [0.1, 0.15) is 11.6 Å². The molecule has 0 bridgehead atoms. The van der Waals surface area contributed by atoms with Crippen LogP contribution >= 0.6 is 0 Å². The lowest BCUT2D eigenvalue weighted by molar-refractivity contribution is 0.241. The summed E-state index contributed by atoms with van der Waals surface area (Å²) in [6.07, 6.45) is 0. The van der Waals surface area contributed by atoms with Crippen molar-refractivity contribution in [2.45, 2.75) is 20.4 Å². The van der Waals surface area contributed by atoms with Crippen molar-refractivity contribution in [2.75, 3.05) is 34.2 Å². The van der Waals surface area contributed by atoms with Gasteiger partial charge in [0.05, 0.1) is 0 Å². The zero-order valence-corrected chi connectivity index (χ0v) is 14.0. The summed E-state index contributed by atoms with van der Waals surface area (Å²) in [5, 5.41) is 6.21. The molecule has 2 N–H and O–H groups in total. The van der Waals surface area contributed by atoms with E-state index in [4.69, 9.17) is 0 Å². The minimum Gasteiger partial charge on any atom is -0.356 e. The Bertz CT molecular complexity index is 513. The van der Waals surface area contributed by atoms with Crippen molar-refractivity contribution >= 4 is 5.96 Å². The fraction of sp³-hybridized carbons (Fsp3) is 0.562. The van der Waals surface area contributed by atoms with E-state index in [1.807, 2.05) is 14.1 Å². The lowest BCUT2D eigenvalue weighted by Crippen LogP contribution is -2.44. The Hall–Kier alpha value is -1.69. The van der Waals surface area contributed by atoms with Crippen LogP contribution in [0.4, 0.5) is 8.78 Å². The summed E-state index contributed by atoms with van der Waals surface area (Å²) in [5.74, 6) is -0.318. The summed E-state index contributed by atoms with van der Waals surface area (Å²) in [5.41, 5.74) is 0.334. The van der Waals surface area contributed by atoms with Gasteiger partial charge in [0, 0.05) is 32.2 Å². The SMILES string of the molecule is CN=C(NCc1cc(F)ccc1F)NCC(C)(C)CN(C)C. The Labute approximate surface area is 131 Å². The molecule has 6 heteroatoms. The topological polar surface area (TPSA) is 39.7 Å². The van der Waals surface area contributed by atoms with E-state index < -0.39 is 11.6 Å². The van der Waals surface area contributed by atoms with E-state index in [-0.39, 0.29) is 17.5 Å². The van der Waals surface area contributed by atoms with Crippen LogP contribution in [0.25, 0.3) is 0 Å². The molecular formula is C16H26F2N4. The van der Waals surface area contributed by atoms with Crippen LogP contribution in [0.5, 0.6) is 0 Å². The molecule has 0 amide bonds. The van der Waals surface area contributed by atoms with Crippen LogP contribution in [-0.4, -0.2) is 45.1 Å². The van der Waals surface area contributed by atoms with Crippen molar-refractivity contribution in [2.24, 2.45) is 10.4 Å². The van der Waals surface area contributed by atoms with Crippen LogP contribution in [0.15, 0.2) is 23.2 Å². The highest BCUT2D eigenvalue weighted by Gasteiger charge is 2.19. The summed E-state index contributed by atoms with van der Waals surface area (Å²) >= 11 is 0. The van der Waals surface area contributed by atoms with Crippen molar-refractivity contribution in [1.82, 2.24) is 15.5 Å². The van der Waals surface area contributed by atoms with Gasteiger partial charge >= 0.3 is 0 Å². The summed E-state index contributed by atoms with van der Waals surface area (Å²) in [4.78, 5) is 6.23. The molecule has 0 unspecified atom stereocenters. The molecule has 0 aromatic heterocycles. The van der Waals surface area contributed by atoms with Crippen LogP contribution in [0, 0.1) is 17.0 Å². The molecule has 1 aromatic rings. The van der Waals surface area contributed by atoms with Crippen LogP contribution in [0.3, 0.4) is 0 Å². The number of hydrogen-bond donors (Lipinski definition) is 2. The van der Waals surface area contributed by atoms with E-state index in [1.54, 1.807) is 7.05 Å². The van der Waals surface area contributed by atoms with E-state index >= 15 is 0 Å². The third kappa shape index (κ3) is 6.39. The molecule has 22 heavy (non-hydrogen) atoms. The quantitative estimate of drug-likeness (QED) is 0.625. The lowest BCUT2D eigenvalue weighted by Gasteiger charge is -2.29. The van der Waals surface area contributed by atoms with Crippen molar-refractivity contribution in [3.63, 3.8) is 0 Å². The Morgan fingerprint density at radius 3 is 2.50 bits per heavy atom. The van der Waals surface area contributed by atoms with Gasteiger partial charge in [0.15, 0.2) is 5.96 Å². The first-order valence-corrected chi connectivity index (χ1v) is 7.27. The smallest absolute Gasteiger partial charge is 0.191 e. The van der Waals surface area contributed by atoms with Gasteiger partial charge in [-0.2, -0.15) is 0 Å². The molecular weight excluding hydrogens is 286 g/mol. The highest BCUT2D eigenvalue weighted by Crippen LogP contribution is 2.14. The molecule has 0 radical (unpaired) electrons. The van der Waals surface area contributed by atoms with Crippen LogP contribution in [-0.2, 0) is 6.54 Å². The molecule has 1 rings (SSSR count). The molecule has 0 saturated heterocycles. The Morgan fingerprint density at radius 2 is 1.91 bits per heavy atom. The molecule has 124 valence electrons. The van der Waals surface area contributed by atoms with Crippen molar-refractivity contribution in [3.8, 4) is 0 Å². The minimum atomic E-state index is -0.451. The summed E-state index contributed by atoms with van der Waals surface area (Å²) in [6.45, 7) is 6.13. The second kappa shape index (κ2) is 8.08. The summed E-state index contributed by atoms with van der Waals surface area (Å²) in [6, 6.07) is 3.42. The second-order valence-corrected chi connectivity index (χ2v) is 6.42. The number of rotatable bonds is 6. The number of guanidine groups is 1. The zero-order valence-electron chi connectivity index (χ0n) is 14.0. The molecule has 0 atom stereocenters. The van der Waals surface area contributed by atoms with Crippen molar-refractivity contribution < 1.29 is 8.78 Å². The van der Waals surface area contributed by atoms with Crippen LogP contribution in [0.1, 0.15) is 19.4 Å². The van der Waals surface area contributed by atoms with Gasteiger partial charge in [0.2, 0.25) is 0 Å². The third-order valence-corrected chi connectivity index (χ3v) is 3.16. The van der Waals surface area contributed by atoms with Gasteiger partial charge in [-0.1, -0.05) is 13.8 Å². The van der Waals surface area contributed by atoms with Crippen molar-refractivity contribution in [3.05, 3.63) is 35.4 Å². The fourth-order valence-electron chi connectivity index (χ4n) is 2.31. The fourth-order valence-corrected chi connectivity index (χ4v) is 2.31. The monoisotopic (exact) mass is 312 g/mol. The first-order valence-electron chi connectivity index (χ1n) is 7.27. The normalized spacial score (nSPS) is 12.6. The number of aliphatic imine (C=N–C) groups is 1. The maximum atomic E-state index is 13.6. The second-order valence-electron chi connectivity index (χ2n) is 6.42. The highest BCUT2D eigenvalue weighted by atomic mass is 19.1. The molecule has 0 heterocycles. The Kier molecular flexibility index (Phi) is 6.74.